The molecule has 0 radical (unpaired) electrons. The molecule has 1 aromatic rings. The number of halogens is 1. The van der Waals surface area contributed by atoms with Gasteiger partial charge in [-0.1, -0.05) is 11.6 Å². The van der Waals surface area contributed by atoms with Gasteiger partial charge in [-0.2, -0.15) is 0 Å². The van der Waals surface area contributed by atoms with Gasteiger partial charge in [0.05, 0.1) is 18.0 Å². The van der Waals surface area contributed by atoms with Crippen molar-refractivity contribution < 1.29 is 19.2 Å². The van der Waals surface area contributed by atoms with E-state index in [1.54, 1.807) is 0 Å². The number of benzene rings is 1. The Morgan fingerprint density at radius 2 is 2.18 bits per heavy atom. The molecule has 0 saturated carbocycles. The van der Waals surface area contributed by atoms with Crippen molar-refractivity contribution in [2.45, 2.75) is 12.8 Å². The quantitative estimate of drug-likeness (QED) is 0.483. The third-order valence-electron chi connectivity index (χ3n) is 3.63. The van der Waals surface area contributed by atoms with Gasteiger partial charge in [0.1, 0.15) is 5.56 Å². The molecule has 0 aromatic heterocycles. The van der Waals surface area contributed by atoms with E-state index in [1.165, 1.54) is 24.1 Å². The van der Waals surface area contributed by atoms with Gasteiger partial charge in [-0.05, 0) is 25.0 Å². The molecule has 1 aromatic carbocycles. The van der Waals surface area contributed by atoms with Crippen LogP contribution < -0.4 is 0 Å². The minimum absolute atomic E-state index is 0.0279. The monoisotopic (exact) mass is 326 g/mol. The summed E-state index contributed by atoms with van der Waals surface area (Å²) in [4.78, 5) is 36.0. The molecule has 1 fully saturated rings. The first-order valence-corrected chi connectivity index (χ1v) is 7.13. The average molecular weight is 327 g/mol. The summed E-state index contributed by atoms with van der Waals surface area (Å²) >= 11 is 5.74. The molecule has 0 spiro atoms. The van der Waals surface area contributed by atoms with Crippen LogP contribution in [-0.2, 0) is 9.53 Å². The lowest BCUT2D eigenvalue weighted by Gasteiger charge is -2.31. The van der Waals surface area contributed by atoms with E-state index in [2.05, 4.69) is 0 Å². The van der Waals surface area contributed by atoms with Crippen LogP contribution in [0.25, 0.3) is 0 Å². The Morgan fingerprint density at radius 1 is 1.45 bits per heavy atom. The minimum atomic E-state index is -0.638. The van der Waals surface area contributed by atoms with Crippen LogP contribution in [0.1, 0.15) is 23.2 Å². The summed E-state index contributed by atoms with van der Waals surface area (Å²) in [5.74, 6) is -1.24. The van der Waals surface area contributed by atoms with Crippen LogP contribution in [0.2, 0.25) is 5.02 Å². The lowest BCUT2D eigenvalue weighted by molar-refractivity contribution is -0.385. The maximum Gasteiger partial charge on any atom is 0.310 e. The zero-order chi connectivity index (χ0) is 16.3. The maximum atomic E-state index is 12.5. The van der Waals surface area contributed by atoms with Crippen molar-refractivity contribution in [1.29, 1.82) is 0 Å². The molecule has 118 valence electrons. The number of amides is 1. The largest absolute Gasteiger partial charge is 0.469 e. The first kappa shape index (κ1) is 16.2. The summed E-state index contributed by atoms with van der Waals surface area (Å²) < 4.78 is 4.70. The van der Waals surface area contributed by atoms with Gasteiger partial charge in [0.2, 0.25) is 0 Å². The van der Waals surface area contributed by atoms with Gasteiger partial charge in [0, 0.05) is 24.2 Å². The van der Waals surface area contributed by atoms with Crippen molar-refractivity contribution in [2.24, 2.45) is 5.92 Å². The topological polar surface area (TPSA) is 89.8 Å². The number of methoxy groups -OCH3 is 1. The molecular weight excluding hydrogens is 312 g/mol. The number of hydrogen-bond acceptors (Lipinski definition) is 5. The molecule has 7 nitrogen and oxygen atoms in total. The predicted octanol–water partition coefficient (Wildman–Crippen LogP) is 2.27. The molecule has 1 unspecified atom stereocenters. The van der Waals surface area contributed by atoms with E-state index in [9.17, 15) is 19.7 Å². The number of esters is 1. The third kappa shape index (κ3) is 3.36. The SMILES string of the molecule is COC(=O)C1CCCN(C(=O)c2ccc(Cl)cc2[N+](=O)[O-])C1. The second-order valence-corrected chi connectivity index (χ2v) is 5.47. The van der Waals surface area contributed by atoms with Crippen LogP contribution in [0.5, 0.6) is 0 Å². The van der Waals surface area contributed by atoms with E-state index in [1.807, 2.05) is 0 Å². The van der Waals surface area contributed by atoms with E-state index in [-0.39, 0.29) is 28.8 Å². The first-order chi connectivity index (χ1) is 10.4. The van der Waals surface area contributed by atoms with Crippen molar-refractivity contribution in [1.82, 2.24) is 4.90 Å². The predicted molar refractivity (Wildman–Crippen MR) is 78.7 cm³/mol. The lowest BCUT2D eigenvalue weighted by Crippen LogP contribution is -2.42. The Bertz CT molecular complexity index is 619. The molecule has 1 aliphatic rings. The number of ether oxygens (including phenoxy) is 1. The molecule has 0 aliphatic carbocycles. The van der Waals surface area contributed by atoms with Gasteiger partial charge in [0.15, 0.2) is 0 Å². The summed E-state index contributed by atoms with van der Waals surface area (Å²) in [6, 6.07) is 3.92. The van der Waals surface area contributed by atoms with Gasteiger partial charge < -0.3 is 9.64 Å². The zero-order valence-electron chi connectivity index (χ0n) is 12.0. The highest BCUT2D eigenvalue weighted by molar-refractivity contribution is 6.31. The number of carbonyl (C=O) groups excluding carboxylic acids is 2. The van der Waals surface area contributed by atoms with Crippen LogP contribution >= 0.6 is 11.6 Å². The number of hydrogen-bond donors (Lipinski definition) is 0. The van der Waals surface area contributed by atoms with Gasteiger partial charge in [-0.3, -0.25) is 19.7 Å². The summed E-state index contributed by atoms with van der Waals surface area (Å²) in [6.07, 6.45) is 1.28. The highest BCUT2D eigenvalue weighted by atomic mass is 35.5. The molecule has 1 saturated heterocycles. The number of nitro benzene ring substituents is 1. The molecule has 1 heterocycles. The summed E-state index contributed by atoms with van der Waals surface area (Å²) in [6.45, 7) is 0.650. The van der Waals surface area contributed by atoms with E-state index < -0.39 is 16.7 Å². The van der Waals surface area contributed by atoms with Crippen LogP contribution in [0.3, 0.4) is 0 Å². The number of nitrogens with zero attached hydrogens (tertiary/aromatic N) is 2. The van der Waals surface area contributed by atoms with Crippen molar-refractivity contribution >= 4 is 29.2 Å². The molecule has 8 heteroatoms. The summed E-state index contributed by atoms with van der Waals surface area (Å²) in [5, 5.41) is 11.3. The number of piperidine rings is 1. The minimum Gasteiger partial charge on any atom is -0.469 e. The second kappa shape index (κ2) is 6.74. The summed E-state index contributed by atoms with van der Waals surface area (Å²) in [7, 11) is 1.30. The molecule has 1 aliphatic heterocycles. The van der Waals surface area contributed by atoms with E-state index in [4.69, 9.17) is 16.3 Å². The Hall–Kier alpha value is -2.15. The smallest absolute Gasteiger partial charge is 0.310 e. The maximum absolute atomic E-state index is 12.5. The molecule has 2 rings (SSSR count). The first-order valence-electron chi connectivity index (χ1n) is 6.75. The fraction of sp³-hybridized carbons (Fsp3) is 0.429. The number of nitro groups is 1. The van der Waals surface area contributed by atoms with Crippen LogP contribution in [0.15, 0.2) is 18.2 Å². The standard InChI is InChI=1S/C14H15ClN2O5/c1-22-14(19)9-3-2-6-16(8-9)13(18)11-5-4-10(15)7-12(11)17(20)21/h4-5,7,9H,2-3,6,8H2,1H3. The Balaban J connectivity index is 2.24. The fourth-order valence-electron chi connectivity index (χ4n) is 2.53. The van der Waals surface area contributed by atoms with Gasteiger partial charge >= 0.3 is 5.97 Å². The molecule has 0 bridgehead atoms. The van der Waals surface area contributed by atoms with E-state index in [0.29, 0.717) is 19.4 Å². The van der Waals surface area contributed by atoms with Gasteiger partial charge in [-0.25, -0.2) is 0 Å². The van der Waals surface area contributed by atoms with Crippen LogP contribution in [-0.4, -0.2) is 41.9 Å². The average Bonchev–Trinajstić information content (AvgIpc) is 2.53. The van der Waals surface area contributed by atoms with E-state index in [0.717, 1.165) is 6.07 Å². The molecule has 0 N–H and O–H groups in total. The highest BCUT2D eigenvalue weighted by Gasteiger charge is 2.32. The van der Waals surface area contributed by atoms with Crippen molar-refractivity contribution in [3.8, 4) is 0 Å². The Morgan fingerprint density at radius 3 is 2.82 bits per heavy atom. The highest BCUT2D eigenvalue weighted by Crippen LogP contribution is 2.26. The Labute approximate surface area is 131 Å². The van der Waals surface area contributed by atoms with Crippen molar-refractivity contribution in [3.63, 3.8) is 0 Å². The number of carbonyl (C=O) groups is 2. The number of rotatable bonds is 3. The third-order valence-corrected chi connectivity index (χ3v) is 3.87. The van der Waals surface area contributed by atoms with Crippen LogP contribution in [0, 0.1) is 16.0 Å². The van der Waals surface area contributed by atoms with E-state index >= 15 is 0 Å². The number of likely N-dealkylation sites (tertiary alicyclic amines) is 1. The van der Waals surface area contributed by atoms with Crippen LogP contribution in [0.4, 0.5) is 5.69 Å². The molecule has 22 heavy (non-hydrogen) atoms. The fourth-order valence-corrected chi connectivity index (χ4v) is 2.69. The van der Waals surface area contributed by atoms with Gasteiger partial charge in [-0.15, -0.1) is 0 Å². The van der Waals surface area contributed by atoms with Gasteiger partial charge in [0.25, 0.3) is 11.6 Å². The Kier molecular flexibility index (Phi) is 4.97. The lowest BCUT2D eigenvalue weighted by atomic mass is 9.97. The molecule has 1 amide bonds. The molecular formula is C14H15ClN2O5. The zero-order valence-corrected chi connectivity index (χ0v) is 12.7. The normalized spacial score (nSPS) is 17.9. The second-order valence-electron chi connectivity index (χ2n) is 5.03. The summed E-state index contributed by atoms with van der Waals surface area (Å²) in [5.41, 5.74) is -0.363. The van der Waals surface area contributed by atoms with Crippen molar-refractivity contribution in [2.75, 3.05) is 20.2 Å². The molecule has 1 atom stereocenters. The van der Waals surface area contributed by atoms with Crippen molar-refractivity contribution in [3.05, 3.63) is 38.9 Å².